The fraction of sp³-hybridized carbons (Fsp3) is 0.353. The van der Waals surface area contributed by atoms with Crippen molar-refractivity contribution < 1.29 is 9.50 Å². The Hall–Kier alpha value is -1.63. The number of hydrogen-bond donors (Lipinski definition) is 2. The zero-order chi connectivity index (χ0) is 17.5. The minimum atomic E-state index is -0.774. The van der Waals surface area contributed by atoms with E-state index in [1.165, 1.54) is 23.5 Å². The minimum Gasteiger partial charge on any atom is -0.386 e. The molecule has 7 heteroatoms. The maximum absolute atomic E-state index is 12.9. The summed E-state index contributed by atoms with van der Waals surface area (Å²) in [5, 5.41) is 13.4. The van der Waals surface area contributed by atoms with Crippen LogP contribution < -0.4 is 5.32 Å². The lowest BCUT2D eigenvalue weighted by atomic mass is 10.1. The highest BCUT2D eigenvalue weighted by atomic mass is 35.5. The van der Waals surface area contributed by atoms with Crippen LogP contribution in [0.25, 0.3) is 0 Å². The predicted octanol–water partition coefficient (Wildman–Crippen LogP) is 3.67. The van der Waals surface area contributed by atoms with Crippen molar-refractivity contribution in [2.75, 3.05) is 20.1 Å². The number of nitrogens with one attached hydrogen (secondary N) is 1. The quantitative estimate of drug-likeness (QED) is 0.603. The Morgan fingerprint density at radius 2 is 2.04 bits per heavy atom. The summed E-state index contributed by atoms with van der Waals surface area (Å²) in [6.45, 7) is 3.59. The van der Waals surface area contributed by atoms with Crippen LogP contribution in [0.1, 0.15) is 23.5 Å². The van der Waals surface area contributed by atoms with Gasteiger partial charge >= 0.3 is 0 Å². The summed E-state index contributed by atoms with van der Waals surface area (Å²) in [6.07, 6.45) is -0.774. The summed E-state index contributed by atoms with van der Waals surface area (Å²) in [4.78, 5) is 7.58. The van der Waals surface area contributed by atoms with E-state index in [9.17, 15) is 9.50 Å². The van der Waals surface area contributed by atoms with E-state index >= 15 is 0 Å². The number of rotatable bonds is 6. The van der Waals surface area contributed by atoms with Crippen LogP contribution in [-0.4, -0.2) is 36.1 Å². The first-order valence-corrected chi connectivity index (χ1v) is 8.86. The molecule has 0 aliphatic carbocycles. The zero-order valence-electron chi connectivity index (χ0n) is 13.7. The number of aliphatic imine (C=N–C) groups is 1. The van der Waals surface area contributed by atoms with E-state index in [2.05, 4.69) is 10.3 Å². The van der Waals surface area contributed by atoms with Crippen LogP contribution in [0.4, 0.5) is 4.39 Å². The maximum Gasteiger partial charge on any atom is 0.194 e. The second-order valence-electron chi connectivity index (χ2n) is 5.32. The van der Waals surface area contributed by atoms with Gasteiger partial charge in [-0.05, 0) is 36.8 Å². The lowest BCUT2D eigenvalue weighted by Gasteiger charge is -2.22. The molecule has 2 aromatic rings. The van der Waals surface area contributed by atoms with Gasteiger partial charge in [0.25, 0.3) is 0 Å². The minimum absolute atomic E-state index is 0.198. The van der Waals surface area contributed by atoms with Crippen molar-refractivity contribution >= 4 is 28.9 Å². The molecule has 0 aliphatic heterocycles. The van der Waals surface area contributed by atoms with Crippen molar-refractivity contribution in [3.8, 4) is 0 Å². The monoisotopic (exact) mass is 369 g/mol. The Bertz CT molecular complexity index is 675. The molecule has 0 fully saturated rings. The maximum atomic E-state index is 12.9. The van der Waals surface area contributed by atoms with Gasteiger partial charge in [0.05, 0.1) is 23.5 Å². The Balaban J connectivity index is 2.02. The number of halogens is 2. The smallest absolute Gasteiger partial charge is 0.194 e. The summed E-state index contributed by atoms with van der Waals surface area (Å²) < 4.78 is 13.7. The molecule has 0 bridgehead atoms. The molecule has 0 saturated heterocycles. The van der Waals surface area contributed by atoms with Gasteiger partial charge in [-0.3, -0.25) is 4.99 Å². The molecule has 4 nitrogen and oxygen atoms in total. The van der Waals surface area contributed by atoms with Crippen molar-refractivity contribution in [2.24, 2.45) is 4.99 Å². The predicted molar refractivity (Wildman–Crippen MR) is 98.1 cm³/mol. The van der Waals surface area contributed by atoms with Crippen LogP contribution in [0.15, 0.2) is 41.4 Å². The van der Waals surface area contributed by atoms with Gasteiger partial charge in [-0.25, -0.2) is 4.39 Å². The van der Waals surface area contributed by atoms with Gasteiger partial charge in [0, 0.05) is 18.5 Å². The van der Waals surface area contributed by atoms with Crippen molar-refractivity contribution in [3.05, 3.63) is 57.0 Å². The van der Waals surface area contributed by atoms with E-state index in [1.807, 2.05) is 31.0 Å². The highest BCUT2D eigenvalue weighted by Crippen LogP contribution is 2.22. The first kappa shape index (κ1) is 18.7. The molecular formula is C17H21ClFN3OS. The molecule has 1 aromatic heterocycles. The number of guanidine groups is 1. The molecule has 2 rings (SSSR count). The summed E-state index contributed by atoms with van der Waals surface area (Å²) in [5.74, 6) is 0.375. The summed E-state index contributed by atoms with van der Waals surface area (Å²) in [7, 11) is 1.93. The lowest BCUT2D eigenvalue weighted by Crippen LogP contribution is -2.38. The summed E-state index contributed by atoms with van der Waals surface area (Å²) in [5.41, 5.74) is 0.642. The lowest BCUT2D eigenvalue weighted by molar-refractivity contribution is 0.186. The number of benzene rings is 1. The summed E-state index contributed by atoms with van der Waals surface area (Å²) >= 11 is 7.49. The van der Waals surface area contributed by atoms with Gasteiger partial charge in [-0.1, -0.05) is 23.7 Å². The van der Waals surface area contributed by atoms with Crippen LogP contribution in [0.2, 0.25) is 4.34 Å². The van der Waals surface area contributed by atoms with Gasteiger partial charge < -0.3 is 15.3 Å². The van der Waals surface area contributed by atoms with E-state index in [0.29, 0.717) is 18.1 Å². The van der Waals surface area contributed by atoms with Gasteiger partial charge in [0.15, 0.2) is 5.96 Å². The number of nitrogens with zero attached hydrogens (tertiary/aromatic N) is 2. The molecule has 1 unspecified atom stereocenters. The molecule has 1 atom stereocenters. The van der Waals surface area contributed by atoms with Crippen molar-refractivity contribution in [3.63, 3.8) is 0 Å². The topological polar surface area (TPSA) is 47.9 Å². The molecule has 1 aromatic carbocycles. The highest BCUT2D eigenvalue weighted by molar-refractivity contribution is 7.16. The van der Waals surface area contributed by atoms with Crippen LogP contribution in [0.3, 0.4) is 0 Å². The Morgan fingerprint density at radius 1 is 1.33 bits per heavy atom. The third-order valence-electron chi connectivity index (χ3n) is 3.39. The molecule has 2 N–H and O–H groups in total. The standard InChI is InChI=1S/C17H21ClFN3OS/c1-3-20-17(22(2)11-14-8-9-16(18)24-14)21-10-15(23)12-4-6-13(19)7-5-12/h4-9,15,23H,3,10-11H2,1-2H3,(H,20,21). The van der Waals surface area contributed by atoms with Crippen molar-refractivity contribution in [2.45, 2.75) is 19.6 Å². The molecule has 130 valence electrons. The number of hydrogen-bond acceptors (Lipinski definition) is 3. The molecular weight excluding hydrogens is 349 g/mol. The molecule has 0 spiro atoms. The molecule has 0 saturated carbocycles. The Morgan fingerprint density at radius 3 is 2.62 bits per heavy atom. The Labute approximate surface area is 150 Å². The fourth-order valence-corrected chi connectivity index (χ4v) is 3.32. The van der Waals surface area contributed by atoms with E-state index in [1.54, 1.807) is 12.1 Å². The molecule has 1 heterocycles. The largest absolute Gasteiger partial charge is 0.386 e. The SMILES string of the molecule is CCNC(=NCC(O)c1ccc(F)cc1)N(C)Cc1ccc(Cl)s1. The van der Waals surface area contributed by atoms with Crippen LogP contribution in [-0.2, 0) is 6.54 Å². The molecule has 0 amide bonds. The average molecular weight is 370 g/mol. The van der Waals surface area contributed by atoms with Gasteiger partial charge in [-0.2, -0.15) is 0 Å². The van der Waals surface area contributed by atoms with Crippen LogP contribution in [0.5, 0.6) is 0 Å². The molecule has 24 heavy (non-hydrogen) atoms. The second kappa shape index (κ2) is 9.01. The van der Waals surface area contributed by atoms with Crippen molar-refractivity contribution in [1.82, 2.24) is 10.2 Å². The van der Waals surface area contributed by atoms with Gasteiger partial charge in [0.1, 0.15) is 5.82 Å². The number of aliphatic hydroxyl groups excluding tert-OH is 1. The van der Waals surface area contributed by atoms with Gasteiger partial charge in [0.2, 0.25) is 0 Å². The number of thiophene rings is 1. The fourth-order valence-electron chi connectivity index (χ4n) is 2.18. The average Bonchev–Trinajstić information content (AvgIpc) is 2.96. The third-order valence-corrected chi connectivity index (χ3v) is 4.60. The van der Waals surface area contributed by atoms with E-state index < -0.39 is 6.10 Å². The first-order chi connectivity index (χ1) is 11.5. The Kier molecular flexibility index (Phi) is 7.02. The van der Waals surface area contributed by atoms with Gasteiger partial charge in [-0.15, -0.1) is 11.3 Å². The molecule has 0 radical (unpaired) electrons. The normalized spacial score (nSPS) is 13.0. The van der Waals surface area contributed by atoms with E-state index in [4.69, 9.17) is 11.6 Å². The zero-order valence-corrected chi connectivity index (χ0v) is 15.2. The first-order valence-electron chi connectivity index (χ1n) is 7.66. The number of aliphatic hydroxyl groups is 1. The summed E-state index contributed by atoms with van der Waals surface area (Å²) in [6, 6.07) is 9.66. The van der Waals surface area contributed by atoms with E-state index in [0.717, 1.165) is 15.8 Å². The third kappa shape index (κ3) is 5.47. The van der Waals surface area contributed by atoms with Crippen LogP contribution >= 0.6 is 22.9 Å². The highest BCUT2D eigenvalue weighted by Gasteiger charge is 2.11. The second-order valence-corrected chi connectivity index (χ2v) is 7.12. The van der Waals surface area contributed by atoms with Crippen molar-refractivity contribution in [1.29, 1.82) is 0 Å². The van der Waals surface area contributed by atoms with E-state index in [-0.39, 0.29) is 12.4 Å². The molecule has 0 aliphatic rings. The van der Waals surface area contributed by atoms with Crippen LogP contribution in [0, 0.1) is 5.82 Å².